The Morgan fingerprint density at radius 3 is 3.29 bits per heavy atom. The van der Waals surface area contributed by atoms with Gasteiger partial charge >= 0.3 is 0 Å². The molecule has 1 fully saturated rings. The van der Waals surface area contributed by atoms with E-state index < -0.39 is 0 Å². The van der Waals surface area contributed by atoms with Gasteiger partial charge in [-0.15, -0.1) is 0 Å². The van der Waals surface area contributed by atoms with E-state index in [9.17, 15) is 0 Å². The van der Waals surface area contributed by atoms with Crippen molar-refractivity contribution in [2.24, 2.45) is 0 Å². The third kappa shape index (κ3) is 2.13. The summed E-state index contributed by atoms with van der Waals surface area (Å²) in [7, 11) is 0. The summed E-state index contributed by atoms with van der Waals surface area (Å²) in [4.78, 5) is 0. The third-order valence-electron chi connectivity index (χ3n) is 3.24. The second-order valence-corrected chi connectivity index (χ2v) is 4.53. The molecule has 0 amide bonds. The van der Waals surface area contributed by atoms with Gasteiger partial charge in [0.2, 0.25) is 0 Å². The minimum atomic E-state index is 0.488. The second-order valence-electron chi connectivity index (χ2n) is 4.53. The minimum absolute atomic E-state index is 0.488. The molecule has 0 saturated carbocycles. The van der Waals surface area contributed by atoms with Crippen LogP contribution in [0.15, 0.2) is 22.7 Å². The van der Waals surface area contributed by atoms with E-state index in [0.29, 0.717) is 6.04 Å². The van der Waals surface area contributed by atoms with Gasteiger partial charge in [0.25, 0.3) is 0 Å². The molecule has 1 aliphatic heterocycles. The zero-order valence-electron chi connectivity index (χ0n) is 9.90. The SMILES string of the molecule is Cc1noc2cc(OCC3CCCN3)ccc12. The molecule has 1 unspecified atom stereocenters. The maximum atomic E-state index is 5.76. The first-order valence-corrected chi connectivity index (χ1v) is 6.05. The fourth-order valence-electron chi connectivity index (χ4n) is 2.23. The number of aryl methyl sites for hydroxylation is 1. The van der Waals surface area contributed by atoms with E-state index in [4.69, 9.17) is 9.26 Å². The number of hydrogen-bond acceptors (Lipinski definition) is 4. The standard InChI is InChI=1S/C13H16N2O2/c1-9-12-5-4-11(7-13(12)17-15-9)16-8-10-3-2-6-14-10/h4-5,7,10,14H,2-3,6,8H2,1H3. The smallest absolute Gasteiger partial charge is 0.170 e. The highest BCUT2D eigenvalue weighted by Gasteiger charge is 2.14. The number of hydrogen-bond donors (Lipinski definition) is 1. The Morgan fingerprint density at radius 2 is 2.47 bits per heavy atom. The molecule has 17 heavy (non-hydrogen) atoms. The lowest BCUT2D eigenvalue weighted by Gasteiger charge is -2.11. The van der Waals surface area contributed by atoms with Gasteiger partial charge in [-0.05, 0) is 38.4 Å². The van der Waals surface area contributed by atoms with Gasteiger partial charge in [-0.1, -0.05) is 5.16 Å². The van der Waals surface area contributed by atoms with Crippen molar-refractivity contribution < 1.29 is 9.26 Å². The zero-order valence-corrected chi connectivity index (χ0v) is 9.90. The van der Waals surface area contributed by atoms with Crippen molar-refractivity contribution in [3.05, 3.63) is 23.9 Å². The molecule has 1 N–H and O–H groups in total. The number of nitrogens with zero attached hydrogens (tertiary/aromatic N) is 1. The zero-order chi connectivity index (χ0) is 11.7. The van der Waals surface area contributed by atoms with E-state index in [-0.39, 0.29) is 0 Å². The van der Waals surface area contributed by atoms with E-state index >= 15 is 0 Å². The van der Waals surface area contributed by atoms with E-state index in [0.717, 1.165) is 35.6 Å². The van der Waals surface area contributed by atoms with Crippen molar-refractivity contribution in [2.45, 2.75) is 25.8 Å². The summed E-state index contributed by atoms with van der Waals surface area (Å²) in [5, 5.41) is 8.39. The van der Waals surface area contributed by atoms with Crippen molar-refractivity contribution in [3.8, 4) is 5.75 Å². The maximum absolute atomic E-state index is 5.76. The lowest BCUT2D eigenvalue weighted by molar-refractivity contribution is 0.277. The Labute approximate surface area is 99.9 Å². The van der Waals surface area contributed by atoms with Crippen LogP contribution in [0, 0.1) is 6.92 Å². The van der Waals surface area contributed by atoms with Crippen LogP contribution < -0.4 is 10.1 Å². The number of benzene rings is 1. The molecule has 2 aromatic rings. The molecule has 0 aliphatic carbocycles. The van der Waals surface area contributed by atoms with Gasteiger partial charge in [-0.2, -0.15) is 0 Å². The topological polar surface area (TPSA) is 47.3 Å². The molecule has 1 aliphatic rings. The van der Waals surface area contributed by atoms with Crippen LogP contribution in [0.2, 0.25) is 0 Å². The summed E-state index contributed by atoms with van der Waals surface area (Å²) in [6, 6.07) is 6.37. The normalized spacial score (nSPS) is 19.9. The van der Waals surface area contributed by atoms with Crippen molar-refractivity contribution in [1.82, 2.24) is 10.5 Å². The van der Waals surface area contributed by atoms with E-state index in [1.807, 2.05) is 25.1 Å². The highest BCUT2D eigenvalue weighted by Crippen LogP contribution is 2.23. The molecule has 1 aromatic heterocycles. The lowest BCUT2D eigenvalue weighted by atomic mass is 10.2. The Hall–Kier alpha value is -1.55. The number of fused-ring (bicyclic) bond motifs is 1. The summed E-state index contributed by atoms with van der Waals surface area (Å²) < 4.78 is 11.0. The van der Waals surface area contributed by atoms with Crippen LogP contribution in [-0.4, -0.2) is 24.4 Å². The van der Waals surface area contributed by atoms with Crippen molar-refractivity contribution in [1.29, 1.82) is 0 Å². The Morgan fingerprint density at radius 1 is 1.53 bits per heavy atom. The van der Waals surface area contributed by atoms with E-state index in [1.165, 1.54) is 12.8 Å². The van der Waals surface area contributed by atoms with Crippen molar-refractivity contribution in [3.63, 3.8) is 0 Å². The first-order valence-electron chi connectivity index (χ1n) is 6.05. The first-order chi connectivity index (χ1) is 8.33. The molecule has 0 bridgehead atoms. The van der Waals surface area contributed by atoms with Gasteiger partial charge in [-0.3, -0.25) is 0 Å². The predicted molar refractivity (Wildman–Crippen MR) is 65.3 cm³/mol. The summed E-state index contributed by atoms with van der Waals surface area (Å²) in [6.45, 7) is 3.77. The van der Waals surface area contributed by atoms with E-state index in [1.54, 1.807) is 0 Å². The molecule has 1 saturated heterocycles. The number of rotatable bonds is 3. The summed E-state index contributed by atoms with van der Waals surface area (Å²) >= 11 is 0. The Bertz CT molecular complexity index is 515. The molecular formula is C13H16N2O2. The minimum Gasteiger partial charge on any atom is -0.492 e. The highest BCUT2D eigenvalue weighted by molar-refractivity contribution is 5.80. The van der Waals surface area contributed by atoms with Crippen LogP contribution in [0.4, 0.5) is 0 Å². The quantitative estimate of drug-likeness (QED) is 0.881. The molecule has 2 heterocycles. The Balaban J connectivity index is 1.72. The number of nitrogens with one attached hydrogen (secondary N) is 1. The van der Waals surface area contributed by atoms with Gasteiger partial charge in [0.1, 0.15) is 12.4 Å². The summed E-state index contributed by atoms with van der Waals surface area (Å²) in [5.41, 5.74) is 1.71. The van der Waals surface area contributed by atoms with Gasteiger partial charge in [0.05, 0.1) is 5.69 Å². The molecule has 0 radical (unpaired) electrons. The molecule has 90 valence electrons. The van der Waals surface area contributed by atoms with Gasteiger partial charge in [0, 0.05) is 17.5 Å². The molecule has 3 rings (SSSR count). The van der Waals surface area contributed by atoms with Crippen LogP contribution in [0.3, 0.4) is 0 Å². The second kappa shape index (κ2) is 4.37. The van der Waals surface area contributed by atoms with Gasteiger partial charge in [-0.25, -0.2) is 0 Å². The van der Waals surface area contributed by atoms with Crippen LogP contribution in [0.25, 0.3) is 11.0 Å². The molecular weight excluding hydrogens is 216 g/mol. The molecule has 1 aromatic carbocycles. The fourth-order valence-corrected chi connectivity index (χ4v) is 2.23. The maximum Gasteiger partial charge on any atom is 0.170 e. The van der Waals surface area contributed by atoms with Crippen molar-refractivity contribution >= 4 is 11.0 Å². The fraction of sp³-hybridized carbons (Fsp3) is 0.462. The van der Waals surface area contributed by atoms with Crippen LogP contribution >= 0.6 is 0 Å². The lowest BCUT2D eigenvalue weighted by Crippen LogP contribution is -2.28. The summed E-state index contributed by atoms with van der Waals surface area (Å²) in [6.07, 6.45) is 2.44. The van der Waals surface area contributed by atoms with Crippen molar-refractivity contribution in [2.75, 3.05) is 13.2 Å². The van der Waals surface area contributed by atoms with E-state index in [2.05, 4.69) is 10.5 Å². The monoisotopic (exact) mass is 232 g/mol. The third-order valence-corrected chi connectivity index (χ3v) is 3.24. The average molecular weight is 232 g/mol. The molecule has 0 spiro atoms. The van der Waals surface area contributed by atoms with Gasteiger partial charge in [0.15, 0.2) is 5.58 Å². The Kier molecular flexibility index (Phi) is 2.73. The predicted octanol–water partition coefficient (Wildman–Crippen LogP) is 2.27. The van der Waals surface area contributed by atoms with Crippen LogP contribution in [-0.2, 0) is 0 Å². The number of ether oxygens (including phenoxy) is 1. The van der Waals surface area contributed by atoms with Gasteiger partial charge < -0.3 is 14.6 Å². The molecule has 4 nitrogen and oxygen atoms in total. The largest absolute Gasteiger partial charge is 0.492 e. The number of aromatic nitrogens is 1. The first kappa shape index (κ1) is 10.6. The highest BCUT2D eigenvalue weighted by atomic mass is 16.5. The molecule has 4 heteroatoms. The average Bonchev–Trinajstić information content (AvgIpc) is 2.97. The summed E-state index contributed by atoms with van der Waals surface area (Å²) in [5.74, 6) is 0.849. The van der Waals surface area contributed by atoms with Crippen LogP contribution in [0.5, 0.6) is 5.75 Å². The van der Waals surface area contributed by atoms with Crippen LogP contribution in [0.1, 0.15) is 18.5 Å². The molecule has 1 atom stereocenters.